The van der Waals surface area contributed by atoms with Crippen LogP contribution in [-0.4, -0.2) is 24.9 Å². The summed E-state index contributed by atoms with van der Waals surface area (Å²) < 4.78 is 18.8. The maximum absolute atomic E-state index is 13.7. The first-order valence-corrected chi connectivity index (χ1v) is 5.84. The summed E-state index contributed by atoms with van der Waals surface area (Å²) >= 11 is 0. The Labute approximate surface area is 102 Å². The molecule has 96 valence electrons. The Kier molecular flexibility index (Phi) is 5.38. The van der Waals surface area contributed by atoms with E-state index in [1.807, 2.05) is 13.8 Å². The first kappa shape index (κ1) is 13.9. The van der Waals surface area contributed by atoms with E-state index in [0.29, 0.717) is 24.3 Å². The van der Waals surface area contributed by atoms with Gasteiger partial charge < -0.3 is 15.2 Å². The summed E-state index contributed by atoms with van der Waals surface area (Å²) in [4.78, 5) is 0. The predicted molar refractivity (Wildman–Crippen MR) is 65.7 cm³/mol. The fourth-order valence-electron chi connectivity index (χ4n) is 1.67. The monoisotopic (exact) mass is 241 g/mol. The predicted octanol–water partition coefficient (Wildman–Crippen LogP) is 2.26. The number of ether oxygens (including phenoxy) is 1. The van der Waals surface area contributed by atoms with E-state index in [9.17, 15) is 9.50 Å². The Hall–Kier alpha value is -1.13. The maximum atomic E-state index is 13.7. The zero-order valence-corrected chi connectivity index (χ0v) is 10.5. The van der Waals surface area contributed by atoms with Gasteiger partial charge in [-0.2, -0.15) is 0 Å². The third-order valence-electron chi connectivity index (χ3n) is 2.80. The second-order valence-electron chi connectivity index (χ2n) is 4.05. The highest BCUT2D eigenvalue weighted by atomic mass is 19.1. The van der Waals surface area contributed by atoms with Crippen LogP contribution in [0.15, 0.2) is 18.2 Å². The van der Waals surface area contributed by atoms with Crippen molar-refractivity contribution >= 4 is 0 Å². The van der Waals surface area contributed by atoms with E-state index in [1.165, 1.54) is 13.2 Å². The van der Waals surface area contributed by atoms with Crippen LogP contribution in [0.3, 0.4) is 0 Å². The van der Waals surface area contributed by atoms with Crippen LogP contribution in [0.4, 0.5) is 4.39 Å². The molecule has 0 heterocycles. The van der Waals surface area contributed by atoms with Crippen LogP contribution < -0.4 is 10.1 Å². The Bertz CT molecular complexity index is 357. The second-order valence-corrected chi connectivity index (χ2v) is 4.05. The minimum absolute atomic E-state index is 0.202. The Morgan fingerprint density at radius 1 is 1.47 bits per heavy atom. The lowest BCUT2D eigenvalue weighted by atomic mass is 10.1. The van der Waals surface area contributed by atoms with E-state index in [1.54, 1.807) is 12.1 Å². The highest BCUT2D eigenvalue weighted by Crippen LogP contribution is 2.27. The summed E-state index contributed by atoms with van der Waals surface area (Å²) in [5, 5.41) is 12.6. The summed E-state index contributed by atoms with van der Waals surface area (Å²) in [7, 11) is 1.52. The first-order valence-electron chi connectivity index (χ1n) is 5.84. The number of rotatable bonds is 6. The van der Waals surface area contributed by atoms with Gasteiger partial charge in [0.15, 0.2) is 0 Å². The largest absolute Gasteiger partial charge is 0.496 e. The molecule has 2 unspecified atom stereocenters. The van der Waals surface area contributed by atoms with Gasteiger partial charge in [-0.3, -0.25) is 0 Å². The SMILES string of the molecule is CCC(O)CNC(C)c1c(F)cccc1OC. The number of benzene rings is 1. The average Bonchev–Trinajstić information content (AvgIpc) is 2.34. The van der Waals surface area contributed by atoms with Crippen LogP contribution in [0.5, 0.6) is 5.75 Å². The molecule has 17 heavy (non-hydrogen) atoms. The van der Waals surface area contributed by atoms with Crippen molar-refractivity contribution in [3.05, 3.63) is 29.6 Å². The lowest BCUT2D eigenvalue weighted by molar-refractivity contribution is 0.163. The van der Waals surface area contributed by atoms with Crippen molar-refractivity contribution in [1.82, 2.24) is 5.32 Å². The summed E-state index contributed by atoms with van der Waals surface area (Å²) in [5.74, 6) is 0.228. The summed E-state index contributed by atoms with van der Waals surface area (Å²) in [6.07, 6.45) is 0.268. The van der Waals surface area contributed by atoms with Gasteiger partial charge >= 0.3 is 0 Å². The topological polar surface area (TPSA) is 41.5 Å². The standard InChI is InChI=1S/C13H20FNO2/c1-4-10(16)8-15-9(2)13-11(14)6-5-7-12(13)17-3/h5-7,9-10,15-16H,4,8H2,1-3H3. The van der Waals surface area contributed by atoms with E-state index in [4.69, 9.17) is 4.74 Å². The summed E-state index contributed by atoms with van der Waals surface area (Å²) in [6, 6.07) is 4.55. The molecule has 0 aliphatic heterocycles. The van der Waals surface area contributed by atoms with Crippen molar-refractivity contribution in [1.29, 1.82) is 0 Å². The fraction of sp³-hybridized carbons (Fsp3) is 0.538. The van der Waals surface area contributed by atoms with E-state index >= 15 is 0 Å². The number of hydrogen-bond acceptors (Lipinski definition) is 3. The first-order chi connectivity index (χ1) is 8.10. The van der Waals surface area contributed by atoms with Gasteiger partial charge in [0, 0.05) is 18.2 Å². The zero-order chi connectivity index (χ0) is 12.8. The molecule has 1 aromatic carbocycles. The molecule has 2 atom stereocenters. The second kappa shape index (κ2) is 6.57. The van der Waals surface area contributed by atoms with Crippen LogP contribution >= 0.6 is 0 Å². The average molecular weight is 241 g/mol. The smallest absolute Gasteiger partial charge is 0.131 e. The molecule has 0 radical (unpaired) electrons. The third-order valence-corrected chi connectivity index (χ3v) is 2.80. The Morgan fingerprint density at radius 3 is 2.76 bits per heavy atom. The molecule has 3 nitrogen and oxygen atoms in total. The van der Waals surface area contributed by atoms with Crippen molar-refractivity contribution in [2.75, 3.05) is 13.7 Å². The molecule has 0 fully saturated rings. The maximum Gasteiger partial charge on any atom is 0.131 e. The lowest BCUT2D eigenvalue weighted by Gasteiger charge is -2.19. The molecule has 0 saturated carbocycles. The van der Waals surface area contributed by atoms with E-state index in [2.05, 4.69) is 5.32 Å². The molecular formula is C13H20FNO2. The van der Waals surface area contributed by atoms with Gasteiger partial charge in [-0.05, 0) is 25.5 Å². The van der Waals surface area contributed by atoms with Crippen LogP contribution in [0.1, 0.15) is 31.9 Å². The number of aliphatic hydroxyl groups is 1. The van der Waals surface area contributed by atoms with Crippen molar-refractivity contribution in [3.63, 3.8) is 0 Å². The van der Waals surface area contributed by atoms with Crippen LogP contribution in [-0.2, 0) is 0 Å². The third kappa shape index (κ3) is 3.68. The van der Waals surface area contributed by atoms with Crippen molar-refractivity contribution in [3.8, 4) is 5.75 Å². The Morgan fingerprint density at radius 2 is 2.18 bits per heavy atom. The number of halogens is 1. The quantitative estimate of drug-likeness (QED) is 0.802. The molecule has 0 saturated heterocycles. The van der Waals surface area contributed by atoms with Gasteiger partial charge in [0.1, 0.15) is 11.6 Å². The molecular weight excluding hydrogens is 221 g/mol. The van der Waals surface area contributed by atoms with Gasteiger partial charge in [-0.25, -0.2) is 4.39 Å². The molecule has 0 aliphatic carbocycles. The lowest BCUT2D eigenvalue weighted by Crippen LogP contribution is -2.29. The van der Waals surface area contributed by atoms with Crippen molar-refractivity contribution in [2.24, 2.45) is 0 Å². The van der Waals surface area contributed by atoms with E-state index < -0.39 is 6.10 Å². The van der Waals surface area contributed by atoms with Crippen molar-refractivity contribution in [2.45, 2.75) is 32.4 Å². The highest BCUT2D eigenvalue weighted by molar-refractivity contribution is 5.36. The van der Waals surface area contributed by atoms with Gasteiger partial charge in [-0.15, -0.1) is 0 Å². The van der Waals surface area contributed by atoms with Gasteiger partial charge in [0.25, 0.3) is 0 Å². The minimum atomic E-state index is -0.407. The molecule has 0 bridgehead atoms. The molecule has 0 spiro atoms. The summed E-state index contributed by atoms with van der Waals surface area (Å²) in [5.41, 5.74) is 0.498. The molecule has 0 amide bonds. The van der Waals surface area contributed by atoms with Crippen molar-refractivity contribution < 1.29 is 14.2 Å². The molecule has 1 rings (SSSR count). The Balaban J connectivity index is 2.77. The van der Waals surface area contributed by atoms with Crippen LogP contribution in [0.2, 0.25) is 0 Å². The van der Waals surface area contributed by atoms with Crippen LogP contribution in [0, 0.1) is 5.82 Å². The summed E-state index contributed by atoms with van der Waals surface area (Å²) in [6.45, 7) is 4.19. The number of hydrogen-bond donors (Lipinski definition) is 2. The molecule has 0 aromatic heterocycles. The van der Waals surface area contributed by atoms with Gasteiger partial charge in [0.2, 0.25) is 0 Å². The molecule has 4 heteroatoms. The van der Waals surface area contributed by atoms with E-state index in [0.717, 1.165) is 0 Å². The van der Waals surface area contributed by atoms with E-state index in [-0.39, 0.29) is 11.9 Å². The normalized spacial score (nSPS) is 14.4. The molecule has 2 N–H and O–H groups in total. The number of nitrogens with one attached hydrogen (secondary N) is 1. The number of aliphatic hydroxyl groups excluding tert-OH is 1. The minimum Gasteiger partial charge on any atom is -0.496 e. The molecule has 1 aromatic rings. The fourth-order valence-corrected chi connectivity index (χ4v) is 1.67. The highest BCUT2D eigenvalue weighted by Gasteiger charge is 2.16. The van der Waals surface area contributed by atoms with Crippen LogP contribution in [0.25, 0.3) is 0 Å². The van der Waals surface area contributed by atoms with Gasteiger partial charge in [0.05, 0.1) is 13.2 Å². The van der Waals surface area contributed by atoms with Gasteiger partial charge in [-0.1, -0.05) is 13.0 Å². The number of methoxy groups -OCH3 is 1. The molecule has 0 aliphatic rings. The zero-order valence-electron chi connectivity index (χ0n) is 10.5.